The van der Waals surface area contributed by atoms with Crippen LogP contribution in [0.15, 0.2) is 30.3 Å². The van der Waals surface area contributed by atoms with E-state index in [1.54, 1.807) is 6.92 Å². The summed E-state index contributed by atoms with van der Waals surface area (Å²) in [6.07, 6.45) is 3.29. The van der Waals surface area contributed by atoms with Crippen LogP contribution < -0.4 is 0 Å². The summed E-state index contributed by atoms with van der Waals surface area (Å²) in [6, 6.07) is 4.97. The fraction of sp³-hybridized carbons (Fsp3) is 0.294. The normalized spacial score (nSPS) is 18.8. The van der Waals surface area contributed by atoms with Gasteiger partial charge in [0.2, 0.25) is 0 Å². The average Bonchev–Trinajstić information content (AvgIpc) is 3.12. The molecule has 1 atom stereocenters. The predicted molar refractivity (Wildman–Crippen MR) is 101 cm³/mol. The number of nitrogens with zero attached hydrogens (tertiary/aromatic N) is 3. The maximum absolute atomic E-state index is 12.3. The molecule has 0 amide bonds. The molecule has 2 aromatic rings. The highest BCUT2D eigenvalue weighted by molar-refractivity contribution is 7.91. The molecule has 0 saturated carbocycles. The van der Waals surface area contributed by atoms with Gasteiger partial charge in [-0.25, -0.2) is 13.1 Å². The average molecular weight is 410 g/mol. The maximum atomic E-state index is 12.3. The standard InChI is InChI=1S/C17H16ClN3O5S/c1-11-15(17(18)20(19-11)14-8-9-27(25,26)10-14)6-7-16(22)12-2-4-13(5-3-12)21(23)24/h2-7,14H,8-10H2,1H3/b7-6+/t14-/m0/s1. The first-order valence-electron chi connectivity index (χ1n) is 8.10. The summed E-state index contributed by atoms with van der Waals surface area (Å²) in [5.41, 5.74) is 1.33. The minimum atomic E-state index is -3.07. The summed E-state index contributed by atoms with van der Waals surface area (Å²) >= 11 is 6.36. The van der Waals surface area contributed by atoms with Crippen molar-refractivity contribution in [2.75, 3.05) is 11.5 Å². The number of aromatic nitrogens is 2. The Morgan fingerprint density at radius 2 is 2.04 bits per heavy atom. The van der Waals surface area contributed by atoms with E-state index >= 15 is 0 Å². The number of hydrogen-bond donors (Lipinski definition) is 0. The number of aryl methyl sites for hydroxylation is 1. The Morgan fingerprint density at radius 3 is 2.59 bits per heavy atom. The molecule has 1 saturated heterocycles. The lowest BCUT2D eigenvalue weighted by atomic mass is 10.1. The highest BCUT2D eigenvalue weighted by atomic mass is 35.5. The van der Waals surface area contributed by atoms with Gasteiger partial charge in [-0.15, -0.1) is 0 Å². The Bertz CT molecular complexity index is 1040. The molecule has 0 bridgehead atoms. The fourth-order valence-corrected chi connectivity index (χ4v) is 5.00. The number of sulfone groups is 1. The molecule has 1 fully saturated rings. The van der Waals surface area contributed by atoms with Crippen molar-refractivity contribution in [1.82, 2.24) is 9.78 Å². The topological polar surface area (TPSA) is 112 Å². The monoisotopic (exact) mass is 409 g/mol. The first-order chi connectivity index (χ1) is 12.7. The summed E-state index contributed by atoms with van der Waals surface area (Å²) in [7, 11) is -3.07. The summed E-state index contributed by atoms with van der Waals surface area (Å²) in [5.74, 6) is -0.230. The van der Waals surface area contributed by atoms with E-state index in [9.17, 15) is 23.3 Å². The molecule has 3 rings (SSSR count). The zero-order valence-electron chi connectivity index (χ0n) is 14.3. The number of nitro benzene ring substituents is 1. The molecule has 1 aliphatic rings. The van der Waals surface area contributed by atoms with Gasteiger partial charge in [-0.05, 0) is 37.6 Å². The number of carbonyl (C=O) groups is 1. The Morgan fingerprint density at radius 1 is 1.37 bits per heavy atom. The molecule has 10 heteroatoms. The zero-order chi connectivity index (χ0) is 19.8. The summed E-state index contributed by atoms with van der Waals surface area (Å²) in [6.45, 7) is 1.72. The molecule has 0 N–H and O–H groups in total. The molecule has 8 nitrogen and oxygen atoms in total. The van der Waals surface area contributed by atoms with Gasteiger partial charge in [0.05, 0.1) is 28.2 Å². The molecule has 27 heavy (non-hydrogen) atoms. The van der Waals surface area contributed by atoms with Gasteiger partial charge in [0.25, 0.3) is 5.69 Å². The van der Waals surface area contributed by atoms with Gasteiger partial charge in [0.15, 0.2) is 15.6 Å². The van der Waals surface area contributed by atoms with Crippen LogP contribution in [0.5, 0.6) is 0 Å². The zero-order valence-corrected chi connectivity index (χ0v) is 15.9. The number of ketones is 1. The molecule has 0 unspecified atom stereocenters. The minimum absolute atomic E-state index is 0.00127. The number of halogens is 1. The summed E-state index contributed by atoms with van der Waals surface area (Å²) in [5, 5.41) is 15.3. The number of rotatable bonds is 5. The van der Waals surface area contributed by atoms with Crippen molar-refractivity contribution in [3.63, 3.8) is 0 Å². The van der Waals surface area contributed by atoms with Crippen LogP contribution in [0.25, 0.3) is 6.08 Å². The number of carbonyl (C=O) groups excluding carboxylic acids is 1. The van der Waals surface area contributed by atoms with E-state index in [1.165, 1.54) is 41.1 Å². The predicted octanol–water partition coefficient (Wildman–Crippen LogP) is 3.01. The van der Waals surface area contributed by atoms with Crippen molar-refractivity contribution in [2.24, 2.45) is 0 Å². The smallest absolute Gasteiger partial charge is 0.269 e. The van der Waals surface area contributed by atoms with Crippen LogP contribution in [-0.4, -0.2) is 40.4 Å². The first-order valence-corrected chi connectivity index (χ1v) is 10.3. The molecule has 1 aromatic carbocycles. The van der Waals surface area contributed by atoms with E-state index in [4.69, 9.17) is 11.6 Å². The van der Waals surface area contributed by atoms with Crippen LogP contribution in [0, 0.1) is 17.0 Å². The highest BCUT2D eigenvalue weighted by Gasteiger charge is 2.31. The van der Waals surface area contributed by atoms with Gasteiger partial charge < -0.3 is 0 Å². The van der Waals surface area contributed by atoms with E-state index in [-0.39, 0.29) is 34.2 Å². The molecular weight excluding hydrogens is 394 g/mol. The second-order valence-corrected chi connectivity index (χ2v) is 8.88. The van der Waals surface area contributed by atoms with Crippen LogP contribution in [0.1, 0.15) is 34.1 Å². The lowest BCUT2D eigenvalue weighted by Gasteiger charge is -2.09. The van der Waals surface area contributed by atoms with Gasteiger partial charge >= 0.3 is 0 Å². The van der Waals surface area contributed by atoms with Gasteiger partial charge in [-0.3, -0.25) is 14.9 Å². The van der Waals surface area contributed by atoms with E-state index < -0.39 is 14.8 Å². The summed E-state index contributed by atoms with van der Waals surface area (Å²) in [4.78, 5) is 22.4. The van der Waals surface area contributed by atoms with E-state index in [0.29, 0.717) is 23.2 Å². The van der Waals surface area contributed by atoms with Crippen LogP contribution in [-0.2, 0) is 9.84 Å². The molecule has 0 aliphatic carbocycles. The Kier molecular flexibility index (Phi) is 5.16. The number of hydrogen-bond acceptors (Lipinski definition) is 6. The largest absolute Gasteiger partial charge is 0.289 e. The third-order valence-corrected chi connectivity index (χ3v) is 6.52. The fourth-order valence-electron chi connectivity index (χ4n) is 2.93. The molecule has 1 aliphatic heterocycles. The van der Waals surface area contributed by atoms with Crippen LogP contribution in [0.2, 0.25) is 5.15 Å². The third kappa shape index (κ3) is 4.09. The van der Waals surface area contributed by atoms with Crippen molar-refractivity contribution in [2.45, 2.75) is 19.4 Å². The van der Waals surface area contributed by atoms with Gasteiger partial charge in [0, 0.05) is 23.3 Å². The SMILES string of the molecule is Cc1nn([C@H]2CCS(=O)(=O)C2)c(Cl)c1/C=C/C(=O)c1ccc([N+](=O)[O-])cc1. The van der Waals surface area contributed by atoms with Crippen molar-refractivity contribution in [1.29, 1.82) is 0 Å². The minimum Gasteiger partial charge on any atom is -0.289 e. The number of allylic oxidation sites excluding steroid dienone is 1. The Hall–Kier alpha value is -2.52. The maximum Gasteiger partial charge on any atom is 0.269 e. The quantitative estimate of drug-likeness (QED) is 0.324. The Labute approximate surface area is 160 Å². The second-order valence-electron chi connectivity index (χ2n) is 6.29. The van der Waals surface area contributed by atoms with Crippen molar-refractivity contribution >= 4 is 39.0 Å². The molecule has 142 valence electrons. The lowest BCUT2D eigenvalue weighted by Crippen LogP contribution is -2.12. The summed E-state index contributed by atoms with van der Waals surface area (Å²) < 4.78 is 24.8. The molecule has 0 spiro atoms. The van der Waals surface area contributed by atoms with Crippen molar-refractivity contribution < 1.29 is 18.1 Å². The van der Waals surface area contributed by atoms with Crippen molar-refractivity contribution in [3.05, 3.63) is 62.4 Å². The number of non-ortho nitro benzene ring substituents is 1. The van der Waals surface area contributed by atoms with Crippen LogP contribution >= 0.6 is 11.6 Å². The third-order valence-electron chi connectivity index (χ3n) is 4.39. The van der Waals surface area contributed by atoms with Crippen LogP contribution in [0.4, 0.5) is 5.69 Å². The van der Waals surface area contributed by atoms with Crippen LogP contribution in [0.3, 0.4) is 0 Å². The molecule has 1 aromatic heterocycles. The number of benzene rings is 1. The van der Waals surface area contributed by atoms with E-state index in [1.807, 2.05) is 0 Å². The number of nitro groups is 1. The second kappa shape index (κ2) is 7.24. The van der Waals surface area contributed by atoms with Crippen molar-refractivity contribution in [3.8, 4) is 0 Å². The molecule has 2 heterocycles. The van der Waals surface area contributed by atoms with Gasteiger partial charge in [-0.1, -0.05) is 11.6 Å². The highest BCUT2D eigenvalue weighted by Crippen LogP contribution is 2.30. The lowest BCUT2D eigenvalue weighted by molar-refractivity contribution is -0.384. The van der Waals surface area contributed by atoms with E-state index in [0.717, 1.165) is 0 Å². The first kappa shape index (κ1) is 19.2. The van der Waals surface area contributed by atoms with Gasteiger partial charge in [-0.2, -0.15) is 5.10 Å². The van der Waals surface area contributed by atoms with E-state index in [2.05, 4.69) is 5.10 Å². The Balaban J connectivity index is 1.81. The molecular formula is C17H16ClN3O5S. The molecule has 0 radical (unpaired) electrons. The van der Waals surface area contributed by atoms with Gasteiger partial charge in [0.1, 0.15) is 5.15 Å².